The standard InChI is InChI=1S/C24H32N2O4/c1-24(2,3)16-9-11-19-17(14-16)22(25-30-19)23(27)26-12-6-7-18(26)15-8-10-20(28-4)21(13-15)29-5/h8,10,13,16,18H,6-7,9,11-12,14H2,1-5H3/t16-,18+/m1/s1. The molecule has 1 aliphatic carbocycles. The van der Waals surface area contributed by atoms with E-state index in [2.05, 4.69) is 25.9 Å². The molecule has 0 unspecified atom stereocenters. The minimum absolute atomic E-state index is 0.00617. The smallest absolute Gasteiger partial charge is 0.276 e. The van der Waals surface area contributed by atoms with Crippen molar-refractivity contribution in [1.82, 2.24) is 10.1 Å². The third kappa shape index (κ3) is 3.68. The summed E-state index contributed by atoms with van der Waals surface area (Å²) in [5.41, 5.74) is 2.78. The van der Waals surface area contributed by atoms with Gasteiger partial charge in [0, 0.05) is 18.5 Å². The lowest BCUT2D eigenvalue weighted by atomic mass is 9.71. The number of nitrogens with zero attached hydrogens (tertiary/aromatic N) is 2. The van der Waals surface area contributed by atoms with Crippen LogP contribution in [0, 0.1) is 11.3 Å². The van der Waals surface area contributed by atoms with Gasteiger partial charge in [-0.25, -0.2) is 0 Å². The van der Waals surface area contributed by atoms with Crippen LogP contribution in [0.25, 0.3) is 0 Å². The lowest BCUT2D eigenvalue weighted by molar-refractivity contribution is 0.0723. The Hall–Kier alpha value is -2.50. The Bertz CT molecular complexity index is 928. The predicted octanol–water partition coefficient (Wildman–Crippen LogP) is 4.82. The lowest BCUT2D eigenvalue weighted by Gasteiger charge is -2.33. The quantitative estimate of drug-likeness (QED) is 0.720. The number of carbonyl (C=O) groups excluding carboxylic acids is 1. The van der Waals surface area contributed by atoms with E-state index in [0.29, 0.717) is 23.1 Å². The summed E-state index contributed by atoms with van der Waals surface area (Å²) >= 11 is 0. The zero-order valence-corrected chi connectivity index (χ0v) is 18.7. The van der Waals surface area contributed by atoms with Gasteiger partial charge in [-0.2, -0.15) is 0 Å². The Morgan fingerprint density at radius 3 is 2.63 bits per heavy atom. The van der Waals surface area contributed by atoms with Crippen molar-refractivity contribution in [2.75, 3.05) is 20.8 Å². The number of amides is 1. The minimum atomic E-state index is -0.0214. The average molecular weight is 413 g/mol. The molecule has 4 rings (SSSR count). The number of aromatic nitrogens is 1. The zero-order valence-electron chi connectivity index (χ0n) is 18.7. The van der Waals surface area contributed by atoms with E-state index in [1.165, 1.54) is 0 Å². The molecule has 1 aromatic heterocycles. The second-order valence-electron chi connectivity index (χ2n) is 9.51. The van der Waals surface area contributed by atoms with Gasteiger partial charge >= 0.3 is 0 Å². The summed E-state index contributed by atoms with van der Waals surface area (Å²) in [5, 5.41) is 4.24. The highest BCUT2D eigenvalue weighted by atomic mass is 16.5. The molecule has 6 heteroatoms. The summed E-state index contributed by atoms with van der Waals surface area (Å²) in [5.74, 6) is 2.76. The number of methoxy groups -OCH3 is 2. The van der Waals surface area contributed by atoms with E-state index in [0.717, 1.165) is 55.5 Å². The van der Waals surface area contributed by atoms with Gasteiger partial charge in [0.15, 0.2) is 17.2 Å². The van der Waals surface area contributed by atoms with Crippen LogP contribution in [0.15, 0.2) is 22.7 Å². The van der Waals surface area contributed by atoms with Gasteiger partial charge in [-0.3, -0.25) is 4.79 Å². The van der Waals surface area contributed by atoms with Crippen LogP contribution >= 0.6 is 0 Å². The number of carbonyl (C=O) groups is 1. The van der Waals surface area contributed by atoms with Crippen molar-refractivity contribution in [2.24, 2.45) is 11.3 Å². The fourth-order valence-electron chi connectivity index (χ4n) is 4.86. The Labute approximate surface area is 178 Å². The molecular weight excluding hydrogens is 380 g/mol. The molecule has 2 atom stereocenters. The van der Waals surface area contributed by atoms with Crippen LogP contribution in [0.2, 0.25) is 0 Å². The Morgan fingerprint density at radius 1 is 1.17 bits per heavy atom. The van der Waals surface area contributed by atoms with Crippen molar-refractivity contribution in [3.05, 3.63) is 40.8 Å². The zero-order chi connectivity index (χ0) is 21.5. The van der Waals surface area contributed by atoms with Crippen LogP contribution in [0.5, 0.6) is 11.5 Å². The Balaban J connectivity index is 1.61. The van der Waals surface area contributed by atoms with Gasteiger partial charge in [0.1, 0.15) is 5.76 Å². The highest BCUT2D eigenvalue weighted by Gasteiger charge is 2.38. The van der Waals surface area contributed by atoms with E-state index in [-0.39, 0.29) is 17.4 Å². The molecule has 1 aromatic carbocycles. The monoisotopic (exact) mass is 412 g/mol. The van der Waals surface area contributed by atoms with Crippen molar-refractivity contribution in [3.8, 4) is 11.5 Å². The number of fused-ring (bicyclic) bond motifs is 1. The largest absolute Gasteiger partial charge is 0.493 e. The number of benzene rings is 1. The second-order valence-corrected chi connectivity index (χ2v) is 9.51. The molecule has 1 aliphatic heterocycles. The van der Waals surface area contributed by atoms with E-state index in [4.69, 9.17) is 14.0 Å². The molecule has 162 valence electrons. The molecule has 0 saturated carbocycles. The molecule has 0 N–H and O–H groups in total. The molecule has 1 saturated heterocycles. The summed E-state index contributed by atoms with van der Waals surface area (Å²) in [6.07, 6.45) is 4.69. The van der Waals surface area contributed by atoms with Crippen LogP contribution in [0.3, 0.4) is 0 Å². The molecular formula is C24H32N2O4. The molecule has 0 spiro atoms. The summed E-state index contributed by atoms with van der Waals surface area (Å²) in [6.45, 7) is 7.53. The Kier molecular flexibility index (Phi) is 5.51. The number of aryl methyl sites for hydroxylation is 1. The summed E-state index contributed by atoms with van der Waals surface area (Å²) in [7, 11) is 3.26. The van der Waals surface area contributed by atoms with Crippen LogP contribution in [-0.4, -0.2) is 36.7 Å². The van der Waals surface area contributed by atoms with Crippen LogP contribution in [-0.2, 0) is 12.8 Å². The number of hydrogen-bond donors (Lipinski definition) is 0. The highest BCUT2D eigenvalue weighted by molar-refractivity contribution is 5.94. The minimum Gasteiger partial charge on any atom is -0.493 e. The number of ether oxygens (including phenoxy) is 2. The van der Waals surface area contributed by atoms with Crippen molar-refractivity contribution < 1.29 is 18.8 Å². The second kappa shape index (κ2) is 7.97. The van der Waals surface area contributed by atoms with E-state index in [1.807, 2.05) is 23.1 Å². The third-order valence-electron chi connectivity index (χ3n) is 6.77. The molecule has 30 heavy (non-hydrogen) atoms. The van der Waals surface area contributed by atoms with Crippen LogP contribution in [0.4, 0.5) is 0 Å². The first kappa shape index (κ1) is 20.8. The number of rotatable bonds is 4. The molecule has 1 fully saturated rings. The summed E-state index contributed by atoms with van der Waals surface area (Å²) in [4.78, 5) is 15.5. The van der Waals surface area contributed by atoms with Gasteiger partial charge in [-0.05, 0) is 54.7 Å². The first-order valence-corrected chi connectivity index (χ1v) is 10.8. The van der Waals surface area contributed by atoms with Gasteiger partial charge in [0.25, 0.3) is 5.91 Å². The highest BCUT2D eigenvalue weighted by Crippen LogP contribution is 2.41. The SMILES string of the molecule is COc1ccc([C@@H]2CCCN2C(=O)c2noc3c2C[C@H](C(C)(C)C)CC3)cc1OC. The van der Waals surface area contributed by atoms with Crippen molar-refractivity contribution >= 4 is 5.91 Å². The van der Waals surface area contributed by atoms with Crippen LogP contribution < -0.4 is 9.47 Å². The number of hydrogen-bond acceptors (Lipinski definition) is 5. The maximum Gasteiger partial charge on any atom is 0.276 e. The van der Waals surface area contributed by atoms with Gasteiger partial charge in [0.2, 0.25) is 0 Å². The van der Waals surface area contributed by atoms with Crippen LogP contribution in [0.1, 0.15) is 73.5 Å². The average Bonchev–Trinajstić information content (AvgIpc) is 3.39. The summed E-state index contributed by atoms with van der Waals surface area (Å²) < 4.78 is 16.4. The predicted molar refractivity (Wildman–Crippen MR) is 114 cm³/mol. The molecule has 2 aliphatic rings. The molecule has 0 radical (unpaired) electrons. The van der Waals surface area contributed by atoms with Crippen molar-refractivity contribution in [1.29, 1.82) is 0 Å². The molecule has 2 heterocycles. The van der Waals surface area contributed by atoms with E-state index in [9.17, 15) is 4.79 Å². The molecule has 0 bridgehead atoms. The molecule has 6 nitrogen and oxygen atoms in total. The fraction of sp³-hybridized carbons (Fsp3) is 0.583. The summed E-state index contributed by atoms with van der Waals surface area (Å²) in [6, 6.07) is 5.90. The van der Waals surface area contributed by atoms with Gasteiger partial charge in [-0.15, -0.1) is 0 Å². The van der Waals surface area contributed by atoms with E-state index >= 15 is 0 Å². The third-order valence-corrected chi connectivity index (χ3v) is 6.77. The first-order valence-electron chi connectivity index (χ1n) is 10.8. The normalized spacial score (nSPS) is 21.4. The van der Waals surface area contributed by atoms with Crippen molar-refractivity contribution in [2.45, 2.75) is 58.9 Å². The van der Waals surface area contributed by atoms with E-state index < -0.39 is 0 Å². The Morgan fingerprint density at radius 2 is 1.93 bits per heavy atom. The van der Waals surface area contributed by atoms with Gasteiger partial charge < -0.3 is 18.9 Å². The van der Waals surface area contributed by atoms with E-state index in [1.54, 1.807) is 14.2 Å². The molecule has 1 amide bonds. The van der Waals surface area contributed by atoms with Gasteiger partial charge in [-0.1, -0.05) is 32.0 Å². The first-order chi connectivity index (χ1) is 14.3. The molecule has 2 aromatic rings. The fourth-order valence-corrected chi connectivity index (χ4v) is 4.86. The van der Waals surface area contributed by atoms with Crippen molar-refractivity contribution in [3.63, 3.8) is 0 Å². The maximum absolute atomic E-state index is 13.5. The maximum atomic E-state index is 13.5. The number of likely N-dealkylation sites (tertiary alicyclic amines) is 1. The lowest BCUT2D eigenvalue weighted by Crippen LogP contribution is -2.33. The van der Waals surface area contributed by atoms with Gasteiger partial charge in [0.05, 0.1) is 20.3 Å². The topological polar surface area (TPSA) is 64.8 Å².